The summed E-state index contributed by atoms with van der Waals surface area (Å²) in [6.45, 7) is 1.66. The third-order valence-corrected chi connectivity index (χ3v) is 4.75. The zero-order valence-electron chi connectivity index (χ0n) is 16.5. The van der Waals surface area contributed by atoms with Crippen molar-refractivity contribution in [3.8, 4) is 28.7 Å². The van der Waals surface area contributed by atoms with Gasteiger partial charge in [-0.2, -0.15) is 0 Å². The second-order valence-electron chi connectivity index (χ2n) is 6.29. The normalized spacial score (nSPS) is 12.7. The van der Waals surface area contributed by atoms with Crippen LogP contribution in [0.3, 0.4) is 0 Å². The molecular formula is C21H26NO5+. The van der Waals surface area contributed by atoms with Crippen molar-refractivity contribution in [2.45, 2.75) is 13.0 Å². The van der Waals surface area contributed by atoms with Gasteiger partial charge in [0.1, 0.15) is 6.54 Å². The van der Waals surface area contributed by atoms with Crippen LogP contribution < -0.4 is 23.7 Å². The molecule has 0 radical (unpaired) electrons. The summed E-state index contributed by atoms with van der Waals surface area (Å²) < 4.78 is 29.4. The highest BCUT2D eigenvalue weighted by molar-refractivity contribution is 5.80. The number of ether oxygens (including phenoxy) is 5. The molecule has 0 bridgehead atoms. The molecule has 0 saturated carbocycles. The Hall–Kier alpha value is -2.89. The molecule has 0 fully saturated rings. The van der Waals surface area contributed by atoms with Crippen LogP contribution >= 0.6 is 0 Å². The largest absolute Gasteiger partial charge is 0.493 e. The number of nitrogens with zero attached hydrogens (tertiary/aromatic N) is 1. The summed E-state index contributed by atoms with van der Waals surface area (Å²) in [5, 5.41) is 0. The van der Waals surface area contributed by atoms with E-state index in [0.717, 1.165) is 42.1 Å². The molecule has 0 unspecified atom stereocenters. The Kier molecular flexibility index (Phi) is 5.74. The highest BCUT2D eigenvalue weighted by atomic mass is 16.5. The zero-order chi connectivity index (χ0) is 19.4. The average Bonchev–Trinajstić information content (AvgIpc) is 2.71. The number of hydrogen-bond acceptors (Lipinski definition) is 5. The molecule has 27 heavy (non-hydrogen) atoms. The standard InChI is InChI=1S/C21H26NO5/c1-23-17-10-15-6-7-22(13-16(15)11-18(17)24-2)12-14-8-19(25-3)21(27-5)20(9-14)26-4/h8-11,13H,6-7,12H2,1-5H3/q+1. The molecule has 144 valence electrons. The fraction of sp³-hybridized carbons (Fsp3) is 0.381. The molecule has 1 heterocycles. The van der Waals surface area contributed by atoms with Crippen molar-refractivity contribution in [3.05, 3.63) is 41.0 Å². The molecule has 2 aromatic carbocycles. The van der Waals surface area contributed by atoms with Crippen molar-refractivity contribution in [2.75, 3.05) is 42.1 Å². The maximum absolute atomic E-state index is 5.46. The fourth-order valence-corrected chi connectivity index (χ4v) is 3.38. The number of hydrogen-bond donors (Lipinski definition) is 0. The van der Waals surface area contributed by atoms with Gasteiger partial charge in [0.05, 0.1) is 35.5 Å². The molecule has 0 saturated heterocycles. The fourth-order valence-electron chi connectivity index (χ4n) is 3.38. The van der Waals surface area contributed by atoms with E-state index in [4.69, 9.17) is 23.7 Å². The van der Waals surface area contributed by atoms with E-state index < -0.39 is 0 Å². The Morgan fingerprint density at radius 1 is 0.741 bits per heavy atom. The molecule has 6 heteroatoms. The number of fused-ring (bicyclic) bond motifs is 1. The lowest BCUT2D eigenvalue weighted by atomic mass is 10.0. The van der Waals surface area contributed by atoms with Crippen LogP contribution in [-0.2, 0) is 13.0 Å². The molecule has 0 spiro atoms. The third kappa shape index (κ3) is 3.79. The quantitative estimate of drug-likeness (QED) is 0.700. The van der Waals surface area contributed by atoms with Gasteiger partial charge < -0.3 is 23.7 Å². The Morgan fingerprint density at radius 2 is 1.33 bits per heavy atom. The maximum atomic E-state index is 5.46. The minimum atomic E-state index is 0.605. The van der Waals surface area contributed by atoms with Gasteiger partial charge >= 0.3 is 0 Å². The van der Waals surface area contributed by atoms with Crippen molar-refractivity contribution in [1.29, 1.82) is 0 Å². The van der Waals surface area contributed by atoms with Gasteiger partial charge in [-0.3, -0.25) is 0 Å². The Morgan fingerprint density at radius 3 is 1.89 bits per heavy atom. The summed E-state index contributed by atoms with van der Waals surface area (Å²) in [4.78, 5) is 0. The molecule has 2 aromatic rings. The highest BCUT2D eigenvalue weighted by Gasteiger charge is 2.21. The van der Waals surface area contributed by atoms with E-state index in [1.54, 1.807) is 35.5 Å². The predicted molar refractivity (Wildman–Crippen MR) is 103 cm³/mol. The van der Waals surface area contributed by atoms with E-state index in [2.05, 4.69) is 16.9 Å². The van der Waals surface area contributed by atoms with Crippen LogP contribution in [0.5, 0.6) is 28.7 Å². The second-order valence-corrected chi connectivity index (χ2v) is 6.29. The maximum Gasteiger partial charge on any atom is 0.203 e. The molecule has 0 aromatic heterocycles. The number of methoxy groups -OCH3 is 5. The van der Waals surface area contributed by atoms with Gasteiger partial charge in [-0.25, -0.2) is 4.58 Å². The Balaban J connectivity index is 1.92. The van der Waals surface area contributed by atoms with Gasteiger partial charge in [-0.15, -0.1) is 0 Å². The lowest BCUT2D eigenvalue weighted by Gasteiger charge is -2.17. The van der Waals surface area contributed by atoms with Crippen LogP contribution in [-0.4, -0.2) is 52.9 Å². The topological polar surface area (TPSA) is 49.2 Å². The van der Waals surface area contributed by atoms with Gasteiger partial charge in [0.15, 0.2) is 35.8 Å². The Bertz CT molecular complexity index is 835. The van der Waals surface area contributed by atoms with Crippen LogP contribution in [0.2, 0.25) is 0 Å². The number of benzene rings is 2. The van der Waals surface area contributed by atoms with Gasteiger partial charge in [0, 0.05) is 17.5 Å². The van der Waals surface area contributed by atoms with Crippen LogP contribution in [0.4, 0.5) is 0 Å². The minimum Gasteiger partial charge on any atom is -0.493 e. The van der Waals surface area contributed by atoms with Crippen molar-refractivity contribution in [1.82, 2.24) is 0 Å². The molecule has 0 aliphatic carbocycles. The SMILES string of the molecule is COc1cc2c(cc1OC)CC[N+](Cc1cc(OC)c(OC)c(OC)c1)=C2. The van der Waals surface area contributed by atoms with Crippen molar-refractivity contribution in [2.24, 2.45) is 0 Å². The molecule has 6 nitrogen and oxygen atoms in total. The lowest BCUT2D eigenvalue weighted by Crippen LogP contribution is -2.22. The smallest absolute Gasteiger partial charge is 0.203 e. The van der Waals surface area contributed by atoms with Gasteiger partial charge in [-0.05, 0) is 29.8 Å². The number of rotatable bonds is 7. The molecule has 3 rings (SSSR count). The lowest BCUT2D eigenvalue weighted by molar-refractivity contribution is -0.540. The summed E-state index contributed by atoms with van der Waals surface area (Å²) in [6, 6.07) is 8.05. The first kappa shape index (κ1) is 18.9. The predicted octanol–water partition coefficient (Wildman–Crippen LogP) is 2.92. The molecule has 1 aliphatic rings. The van der Waals surface area contributed by atoms with Crippen LogP contribution in [0, 0.1) is 0 Å². The van der Waals surface area contributed by atoms with Gasteiger partial charge in [-0.1, -0.05) is 0 Å². The monoisotopic (exact) mass is 372 g/mol. The van der Waals surface area contributed by atoms with E-state index >= 15 is 0 Å². The summed E-state index contributed by atoms with van der Waals surface area (Å²) in [7, 11) is 8.18. The summed E-state index contributed by atoms with van der Waals surface area (Å²) >= 11 is 0. The Labute approximate surface area is 159 Å². The average molecular weight is 372 g/mol. The first-order chi connectivity index (χ1) is 13.1. The van der Waals surface area contributed by atoms with Crippen LogP contribution in [0.1, 0.15) is 16.7 Å². The van der Waals surface area contributed by atoms with Crippen LogP contribution in [0.25, 0.3) is 0 Å². The van der Waals surface area contributed by atoms with Crippen molar-refractivity contribution < 1.29 is 28.3 Å². The summed E-state index contributed by atoms with van der Waals surface area (Å²) in [5.74, 6) is 3.43. The summed E-state index contributed by atoms with van der Waals surface area (Å²) in [6.07, 6.45) is 3.10. The second kappa shape index (κ2) is 8.20. The molecule has 0 atom stereocenters. The van der Waals surface area contributed by atoms with E-state index in [1.165, 1.54) is 5.56 Å². The van der Waals surface area contributed by atoms with Crippen molar-refractivity contribution in [3.63, 3.8) is 0 Å². The van der Waals surface area contributed by atoms with Crippen LogP contribution in [0.15, 0.2) is 24.3 Å². The molecular weight excluding hydrogens is 346 g/mol. The molecule has 1 aliphatic heterocycles. The highest BCUT2D eigenvalue weighted by Crippen LogP contribution is 2.38. The van der Waals surface area contributed by atoms with Crippen molar-refractivity contribution >= 4 is 6.21 Å². The minimum absolute atomic E-state index is 0.605. The first-order valence-electron chi connectivity index (χ1n) is 8.76. The molecule has 0 N–H and O–H groups in total. The summed E-state index contributed by atoms with van der Waals surface area (Å²) in [5.41, 5.74) is 3.49. The van der Waals surface area contributed by atoms with Gasteiger partial charge in [0.2, 0.25) is 5.75 Å². The molecule has 0 amide bonds. The zero-order valence-corrected chi connectivity index (χ0v) is 16.5. The van der Waals surface area contributed by atoms with E-state index in [1.807, 2.05) is 18.2 Å². The first-order valence-corrected chi connectivity index (χ1v) is 8.76. The van der Waals surface area contributed by atoms with Gasteiger partial charge in [0.25, 0.3) is 0 Å². The van der Waals surface area contributed by atoms with E-state index in [-0.39, 0.29) is 0 Å². The third-order valence-electron chi connectivity index (χ3n) is 4.75. The van der Waals surface area contributed by atoms with E-state index in [0.29, 0.717) is 17.2 Å². The van der Waals surface area contributed by atoms with E-state index in [9.17, 15) is 0 Å².